The number of nitrogens with one attached hydrogen (secondary N) is 1. The van der Waals surface area contributed by atoms with Crippen molar-refractivity contribution in [1.82, 2.24) is 5.32 Å². The Balaban J connectivity index is 2.51. The standard InChI is InChI=1S/C12H16N2O5S/c1-8(12(16)17)11(15)14-7-6-9-2-4-10(5-3-9)20(13,18)19/h2-5,8H,6-7H2,1H3,(H,14,15)(H,16,17)(H2,13,18,19). The van der Waals surface area contributed by atoms with Gasteiger partial charge in [0.2, 0.25) is 15.9 Å². The number of nitrogens with two attached hydrogens (primary N) is 1. The van der Waals surface area contributed by atoms with Crippen molar-refractivity contribution in [2.45, 2.75) is 18.2 Å². The van der Waals surface area contributed by atoms with Crippen molar-refractivity contribution in [3.63, 3.8) is 0 Å². The van der Waals surface area contributed by atoms with Crippen LogP contribution < -0.4 is 10.5 Å². The molecule has 1 amide bonds. The van der Waals surface area contributed by atoms with E-state index < -0.39 is 27.8 Å². The van der Waals surface area contributed by atoms with Crippen molar-refractivity contribution in [3.8, 4) is 0 Å². The lowest BCUT2D eigenvalue weighted by molar-refractivity contribution is -0.146. The Kier molecular flexibility index (Phi) is 5.23. The zero-order chi connectivity index (χ0) is 15.3. The minimum atomic E-state index is -3.71. The van der Waals surface area contributed by atoms with Crippen molar-refractivity contribution in [2.24, 2.45) is 11.1 Å². The van der Waals surface area contributed by atoms with Gasteiger partial charge in [-0.15, -0.1) is 0 Å². The fourth-order valence-electron chi connectivity index (χ4n) is 1.44. The second-order valence-electron chi connectivity index (χ2n) is 4.29. The summed E-state index contributed by atoms with van der Waals surface area (Å²) in [5.41, 5.74) is 0.806. The van der Waals surface area contributed by atoms with Crippen LogP contribution in [-0.2, 0) is 26.0 Å². The first-order valence-corrected chi connectivity index (χ1v) is 7.38. The number of aliphatic carboxylic acids is 1. The molecule has 1 aromatic rings. The van der Waals surface area contributed by atoms with Crippen LogP contribution >= 0.6 is 0 Å². The summed E-state index contributed by atoms with van der Waals surface area (Å²) in [7, 11) is -3.71. The van der Waals surface area contributed by atoms with Gasteiger partial charge in [-0.2, -0.15) is 0 Å². The minimum absolute atomic E-state index is 0.0183. The summed E-state index contributed by atoms with van der Waals surface area (Å²) in [5.74, 6) is -2.83. The Hall–Kier alpha value is -1.93. The van der Waals surface area contributed by atoms with Crippen LogP contribution in [0, 0.1) is 5.92 Å². The highest BCUT2D eigenvalue weighted by atomic mass is 32.2. The van der Waals surface area contributed by atoms with Gasteiger partial charge in [-0.25, -0.2) is 13.6 Å². The van der Waals surface area contributed by atoms with Crippen LogP contribution in [0.4, 0.5) is 0 Å². The molecule has 0 aliphatic heterocycles. The van der Waals surface area contributed by atoms with Gasteiger partial charge < -0.3 is 10.4 Å². The van der Waals surface area contributed by atoms with Crippen LogP contribution in [0.1, 0.15) is 12.5 Å². The van der Waals surface area contributed by atoms with E-state index in [1.807, 2.05) is 0 Å². The van der Waals surface area contributed by atoms with Crippen LogP contribution in [0.3, 0.4) is 0 Å². The average molecular weight is 300 g/mol. The maximum absolute atomic E-state index is 11.4. The zero-order valence-corrected chi connectivity index (χ0v) is 11.7. The van der Waals surface area contributed by atoms with E-state index in [9.17, 15) is 18.0 Å². The average Bonchev–Trinajstić information content (AvgIpc) is 2.37. The molecule has 0 spiro atoms. The largest absolute Gasteiger partial charge is 0.481 e. The van der Waals surface area contributed by atoms with E-state index in [2.05, 4.69) is 5.32 Å². The van der Waals surface area contributed by atoms with Crippen molar-refractivity contribution >= 4 is 21.9 Å². The summed E-state index contributed by atoms with van der Waals surface area (Å²) < 4.78 is 22.1. The Labute approximate surface area is 116 Å². The number of carbonyl (C=O) groups is 2. The summed E-state index contributed by atoms with van der Waals surface area (Å²) >= 11 is 0. The molecule has 0 radical (unpaired) electrons. The van der Waals surface area contributed by atoms with Crippen LogP contribution in [0.15, 0.2) is 29.2 Å². The Morgan fingerprint density at radius 1 is 1.30 bits per heavy atom. The SMILES string of the molecule is CC(C(=O)O)C(=O)NCCc1ccc(S(N)(=O)=O)cc1. The van der Waals surface area contributed by atoms with E-state index >= 15 is 0 Å². The summed E-state index contributed by atoms with van der Waals surface area (Å²) in [4.78, 5) is 22.0. The number of hydrogen-bond acceptors (Lipinski definition) is 4. The van der Waals surface area contributed by atoms with Crippen molar-refractivity contribution in [1.29, 1.82) is 0 Å². The van der Waals surface area contributed by atoms with Crippen LogP contribution in [0.2, 0.25) is 0 Å². The number of carboxylic acid groups (broad SMARTS) is 1. The van der Waals surface area contributed by atoms with E-state index in [1.165, 1.54) is 19.1 Å². The van der Waals surface area contributed by atoms with E-state index in [1.54, 1.807) is 12.1 Å². The monoisotopic (exact) mass is 300 g/mol. The third kappa shape index (κ3) is 4.63. The number of hydrogen-bond donors (Lipinski definition) is 3. The number of rotatable bonds is 6. The molecule has 1 rings (SSSR count). The predicted octanol–water partition coefficient (Wildman–Crippen LogP) is -0.287. The van der Waals surface area contributed by atoms with Crippen LogP contribution in [0.5, 0.6) is 0 Å². The quantitative estimate of drug-likeness (QED) is 0.622. The maximum Gasteiger partial charge on any atom is 0.315 e. The van der Waals surface area contributed by atoms with Gasteiger partial charge in [0.15, 0.2) is 0 Å². The van der Waals surface area contributed by atoms with Crippen molar-refractivity contribution in [2.75, 3.05) is 6.54 Å². The summed E-state index contributed by atoms with van der Waals surface area (Å²) in [5, 5.41) is 16.1. The number of carboxylic acids is 1. The second kappa shape index (κ2) is 6.49. The summed E-state index contributed by atoms with van der Waals surface area (Å²) in [6.45, 7) is 1.57. The molecule has 4 N–H and O–H groups in total. The van der Waals surface area contributed by atoms with E-state index in [4.69, 9.17) is 10.2 Å². The first kappa shape index (κ1) is 16.1. The van der Waals surface area contributed by atoms with Gasteiger partial charge in [-0.05, 0) is 31.0 Å². The van der Waals surface area contributed by atoms with E-state index in [0.717, 1.165) is 5.56 Å². The van der Waals surface area contributed by atoms with E-state index in [-0.39, 0.29) is 11.4 Å². The molecule has 0 saturated heterocycles. The normalized spacial score (nSPS) is 12.7. The molecule has 0 aliphatic carbocycles. The van der Waals surface area contributed by atoms with Gasteiger partial charge in [-0.1, -0.05) is 12.1 Å². The minimum Gasteiger partial charge on any atom is -0.481 e. The van der Waals surface area contributed by atoms with Crippen molar-refractivity contribution in [3.05, 3.63) is 29.8 Å². The molecule has 110 valence electrons. The lowest BCUT2D eigenvalue weighted by atomic mass is 10.1. The lowest BCUT2D eigenvalue weighted by Gasteiger charge is -2.08. The smallest absolute Gasteiger partial charge is 0.315 e. The first-order chi connectivity index (χ1) is 9.21. The molecule has 20 heavy (non-hydrogen) atoms. The number of primary sulfonamides is 1. The predicted molar refractivity (Wildman–Crippen MR) is 71.3 cm³/mol. The van der Waals surface area contributed by atoms with Gasteiger partial charge in [0.05, 0.1) is 4.90 Å². The van der Waals surface area contributed by atoms with E-state index in [0.29, 0.717) is 6.42 Å². The zero-order valence-electron chi connectivity index (χ0n) is 10.9. The molecule has 0 aliphatic rings. The summed E-state index contributed by atoms with van der Waals surface area (Å²) in [6, 6.07) is 5.94. The topological polar surface area (TPSA) is 127 Å². The Morgan fingerprint density at radius 3 is 2.30 bits per heavy atom. The van der Waals surface area contributed by atoms with Gasteiger partial charge >= 0.3 is 5.97 Å². The highest BCUT2D eigenvalue weighted by Gasteiger charge is 2.19. The number of carbonyl (C=O) groups excluding carboxylic acids is 1. The fourth-order valence-corrected chi connectivity index (χ4v) is 1.96. The highest BCUT2D eigenvalue weighted by Crippen LogP contribution is 2.09. The van der Waals surface area contributed by atoms with Crippen molar-refractivity contribution < 1.29 is 23.1 Å². The molecule has 1 aromatic carbocycles. The molecule has 1 unspecified atom stereocenters. The fraction of sp³-hybridized carbons (Fsp3) is 0.333. The molecule has 0 aromatic heterocycles. The molecule has 0 bridgehead atoms. The van der Waals surface area contributed by atoms with Gasteiger partial charge in [0, 0.05) is 6.54 Å². The molecule has 1 atom stereocenters. The highest BCUT2D eigenvalue weighted by molar-refractivity contribution is 7.89. The lowest BCUT2D eigenvalue weighted by Crippen LogP contribution is -2.34. The Morgan fingerprint density at radius 2 is 1.85 bits per heavy atom. The van der Waals surface area contributed by atoms with Gasteiger partial charge in [-0.3, -0.25) is 9.59 Å². The maximum atomic E-state index is 11.4. The molecule has 0 saturated carbocycles. The summed E-state index contributed by atoms with van der Waals surface area (Å²) in [6.07, 6.45) is 0.461. The second-order valence-corrected chi connectivity index (χ2v) is 5.85. The number of amides is 1. The first-order valence-electron chi connectivity index (χ1n) is 5.84. The molecule has 8 heteroatoms. The number of benzene rings is 1. The third-order valence-corrected chi connectivity index (χ3v) is 3.66. The van der Waals surface area contributed by atoms with Crippen LogP contribution in [-0.4, -0.2) is 31.9 Å². The van der Waals surface area contributed by atoms with Crippen LogP contribution in [0.25, 0.3) is 0 Å². The number of sulfonamides is 1. The molecule has 0 fully saturated rings. The van der Waals surface area contributed by atoms with Gasteiger partial charge in [0.25, 0.3) is 0 Å². The molecular weight excluding hydrogens is 284 g/mol. The molecule has 7 nitrogen and oxygen atoms in total. The molecule has 0 heterocycles. The molecular formula is C12H16N2O5S. The Bertz CT molecular complexity index is 595. The third-order valence-electron chi connectivity index (χ3n) is 2.73. The van der Waals surface area contributed by atoms with Gasteiger partial charge in [0.1, 0.15) is 5.92 Å².